The van der Waals surface area contributed by atoms with Crippen molar-refractivity contribution in [3.63, 3.8) is 0 Å². The summed E-state index contributed by atoms with van der Waals surface area (Å²) in [7, 11) is 0. The molecule has 1 aliphatic heterocycles. The third-order valence-corrected chi connectivity index (χ3v) is 3.55. The smallest absolute Gasteiger partial charge is 0.232 e. The lowest BCUT2D eigenvalue weighted by Crippen LogP contribution is -2.49. The van der Waals surface area contributed by atoms with Crippen LogP contribution in [0.15, 0.2) is 0 Å². The second kappa shape index (κ2) is 4.92. The van der Waals surface area contributed by atoms with E-state index in [2.05, 4.69) is 13.8 Å². The van der Waals surface area contributed by atoms with E-state index in [4.69, 9.17) is 18.0 Å². The fourth-order valence-electron chi connectivity index (χ4n) is 1.97. The van der Waals surface area contributed by atoms with Crippen molar-refractivity contribution in [1.29, 1.82) is 0 Å². The highest BCUT2D eigenvalue weighted by atomic mass is 32.1. The maximum atomic E-state index is 12.1. The van der Waals surface area contributed by atoms with Crippen molar-refractivity contribution in [3.8, 4) is 0 Å². The highest BCUT2D eigenvalue weighted by Crippen LogP contribution is 2.22. The summed E-state index contributed by atoms with van der Waals surface area (Å²) in [6.07, 6.45) is 2.28. The molecule has 0 spiro atoms. The van der Waals surface area contributed by atoms with Crippen LogP contribution in [0.25, 0.3) is 0 Å². The number of carbonyl (C=O) groups is 1. The fraction of sp³-hybridized carbons (Fsp3) is 0.818. The normalized spacial score (nSPS) is 28.6. The summed E-state index contributed by atoms with van der Waals surface area (Å²) in [6, 6.07) is 0.325. The molecule has 0 aromatic rings. The van der Waals surface area contributed by atoms with Gasteiger partial charge in [-0.1, -0.05) is 19.1 Å². The Morgan fingerprint density at radius 3 is 2.60 bits per heavy atom. The SMILES string of the molecule is CC1CCC(C)N(C(=O)C(C)C(N)=S)C1. The van der Waals surface area contributed by atoms with Crippen LogP contribution in [-0.2, 0) is 4.79 Å². The first-order valence-electron chi connectivity index (χ1n) is 5.53. The number of amides is 1. The van der Waals surface area contributed by atoms with Crippen LogP contribution in [0, 0.1) is 11.8 Å². The topological polar surface area (TPSA) is 46.3 Å². The lowest BCUT2D eigenvalue weighted by Gasteiger charge is -2.38. The average Bonchev–Trinajstić information content (AvgIpc) is 2.19. The molecular weight excluding hydrogens is 208 g/mol. The summed E-state index contributed by atoms with van der Waals surface area (Å²) in [5.41, 5.74) is 5.51. The third kappa shape index (κ3) is 2.91. The quantitative estimate of drug-likeness (QED) is 0.730. The van der Waals surface area contributed by atoms with Crippen LogP contribution in [0.5, 0.6) is 0 Å². The Hall–Kier alpha value is -0.640. The first-order chi connectivity index (χ1) is 6.93. The van der Waals surface area contributed by atoms with E-state index in [1.807, 2.05) is 4.90 Å². The average molecular weight is 228 g/mol. The number of hydrogen-bond acceptors (Lipinski definition) is 2. The summed E-state index contributed by atoms with van der Waals surface area (Å²) >= 11 is 4.86. The van der Waals surface area contributed by atoms with Crippen LogP contribution in [0.2, 0.25) is 0 Å². The van der Waals surface area contributed by atoms with E-state index in [1.54, 1.807) is 6.92 Å². The molecule has 3 atom stereocenters. The summed E-state index contributed by atoms with van der Waals surface area (Å²) in [5.74, 6) is 0.345. The number of nitrogens with two attached hydrogens (primary N) is 1. The number of carbonyl (C=O) groups excluding carboxylic acids is 1. The molecule has 3 unspecified atom stereocenters. The highest BCUT2D eigenvalue weighted by molar-refractivity contribution is 7.80. The van der Waals surface area contributed by atoms with Gasteiger partial charge < -0.3 is 10.6 Å². The number of thiocarbonyl (C=S) groups is 1. The highest BCUT2D eigenvalue weighted by Gasteiger charge is 2.30. The molecule has 4 heteroatoms. The van der Waals surface area contributed by atoms with Crippen molar-refractivity contribution in [3.05, 3.63) is 0 Å². The number of rotatable bonds is 2. The van der Waals surface area contributed by atoms with Crippen molar-refractivity contribution >= 4 is 23.1 Å². The van der Waals surface area contributed by atoms with Gasteiger partial charge in [0.25, 0.3) is 0 Å². The van der Waals surface area contributed by atoms with Crippen molar-refractivity contribution in [2.24, 2.45) is 17.6 Å². The standard InChI is InChI=1S/C11H20N2OS/c1-7-4-5-8(2)13(6-7)11(14)9(3)10(12)15/h7-9H,4-6H2,1-3H3,(H2,12,15). The van der Waals surface area contributed by atoms with Crippen LogP contribution in [0.3, 0.4) is 0 Å². The van der Waals surface area contributed by atoms with Crippen LogP contribution in [0.4, 0.5) is 0 Å². The van der Waals surface area contributed by atoms with Gasteiger partial charge in [-0.15, -0.1) is 0 Å². The fourth-order valence-corrected chi connectivity index (χ4v) is 2.07. The molecule has 86 valence electrons. The summed E-state index contributed by atoms with van der Waals surface area (Å²) in [6.45, 7) is 6.90. The molecule has 1 heterocycles. The van der Waals surface area contributed by atoms with Gasteiger partial charge in [-0.25, -0.2) is 0 Å². The zero-order valence-electron chi connectivity index (χ0n) is 9.69. The summed E-state index contributed by atoms with van der Waals surface area (Å²) in [5, 5.41) is 0. The molecule has 1 aliphatic rings. The Balaban J connectivity index is 2.68. The maximum absolute atomic E-state index is 12.1. The summed E-state index contributed by atoms with van der Waals surface area (Å²) < 4.78 is 0. The van der Waals surface area contributed by atoms with E-state index in [1.165, 1.54) is 6.42 Å². The largest absolute Gasteiger partial charge is 0.393 e. The predicted molar refractivity (Wildman–Crippen MR) is 65.5 cm³/mol. The van der Waals surface area contributed by atoms with Gasteiger partial charge in [-0.05, 0) is 32.6 Å². The molecule has 3 nitrogen and oxygen atoms in total. The van der Waals surface area contributed by atoms with E-state index in [0.717, 1.165) is 13.0 Å². The van der Waals surface area contributed by atoms with Gasteiger partial charge in [-0.2, -0.15) is 0 Å². The van der Waals surface area contributed by atoms with Crippen molar-refractivity contribution < 1.29 is 4.79 Å². The van der Waals surface area contributed by atoms with E-state index in [0.29, 0.717) is 16.9 Å². The Labute approximate surface area is 97.0 Å². The minimum atomic E-state index is -0.326. The molecular formula is C11H20N2OS. The molecule has 1 rings (SSSR count). The van der Waals surface area contributed by atoms with Crippen LogP contribution in [0.1, 0.15) is 33.6 Å². The Morgan fingerprint density at radius 1 is 1.47 bits per heavy atom. The second-order valence-electron chi connectivity index (χ2n) is 4.65. The molecule has 0 bridgehead atoms. The molecule has 0 aliphatic carbocycles. The Kier molecular flexibility index (Phi) is 4.08. The number of nitrogens with zero attached hydrogens (tertiary/aromatic N) is 1. The van der Waals surface area contributed by atoms with Gasteiger partial charge in [0, 0.05) is 12.6 Å². The molecule has 1 saturated heterocycles. The van der Waals surface area contributed by atoms with Gasteiger partial charge in [0.2, 0.25) is 5.91 Å². The van der Waals surface area contributed by atoms with Gasteiger partial charge in [0.15, 0.2) is 0 Å². The van der Waals surface area contributed by atoms with Crippen molar-refractivity contribution in [1.82, 2.24) is 4.90 Å². The van der Waals surface area contributed by atoms with E-state index >= 15 is 0 Å². The number of likely N-dealkylation sites (tertiary alicyclic amines) is 1. The van der Waals surface area contributed by atoms with Gasteiger partial charge in [0.05, 0.1) is 10.9 Å². The summed E-state index contributed by atoms with van der Waals surface area (Å²) in [4.78, 5) is 14.3. The minimum Gasteiger partial charge on any atom is -0.393 e. The molecule has 15 heavy (non-hydrogen) atoms. The van der Waals surface area contributed by atoms with Crippen LogP contribution >= 0.6 is 12.2 Å². The van der Waals surface area contributed by atoms with Gasteiger partial charge >= 0.3 is 0 Å². The second-order valence-corrected chi connectivity index (χ2v) is 5.12. The van der Waals surface area contributed by atoms with Gasteiger partial charge in [0.1, 0.15) is 0 Å². The number of hydrogen-bond donors (Lipinski definition) is 1. The monoisotopic (exact) mass is 228 g/mol. The third-order valence-electron chi connectivity index (χ3n) is 3.20. The first-order valence-corrected chi connectivity index (χ1v) is 5.94. The molecule has 0 aromatic heterocycles. The molecule has 2 N–H and O–H groups in total. The van der Waals surface area contributed by atoms with Crippen LogP contribution in [-0.4, -0.2) is 28.4 Å². The molecule has 0 radical (unpaired) electrons. The Bertz CT molecular complexity index is 267. The van der Waals surface area contributed by atoms with E-state index in [-0.39, 0.29) is 11.8 Å². The van der Waals surface area contributed by atoms with E-state index in [9.17, 15) is 4.79 Å². The predicted octanol–water partition coefficient (Wildman–Crippen LogP) is 1.56. The molecule has 0 saturated carbocycles. The Morgan fingerprint density at radius 2 is 2.07 bits per heavy atom. The molecule has 1 amide bonds. The van der Waals surface area contributed by atoms with E-state index < -0.39 is 0 Å². The van der Waals surface area contributed by atoms with Crippen molar-refractivity contribution in [2.75, 3.05) is 6.54 Å². The zero-order chi connectivity index (χ0) is 11.6. The minimum absolute atomic E-state index is 0.0848. The lowest BCUT2D eigenvalue weighted by molar-refractivity contribution is -0.137. The van der Waals surface area contributed by atoms with Crippen molar-refractivity contribution in [2.45, 2.75) is 39.7 Å². The first kappa shape index (κ1) is 12.4. The lowest BCUT2D eigenvalue weighted by atomic mass is 9.94. The van der Waals surface area contributed by atoms with Crippen LogP contribution < -0.4 is 5.73 Å². The van der Waals surface area contributed by atoms with Gasteiger partial charge in [-0.3, -0.25) is 4.79 Å². The maximum Gasteiger partial charge on any atom is 0.232 e. The zero-order valence-corrected chi connectivity index (χ0v) is 10.5. The molecule has 0 aromatic carbocycles. The molecule has 1 fully saturated rings. The number of piperidine rings is 1.